The number of amides is 1. The Morgan fingerprint density at radius 3 is 2.57 bits per heavy atom. The van der Waals surface area contributed by atoms with E-state index in [-0.39, 0.29) is 28.1 Å². The lowest BCUT2D eigenvalue weighted by molar-refractivity contribution is 0.0891. The Labute approximate surface area is 165 Å². The van der Waals surface area contributed by atoms with Crippen LogP contribution in [0.2, 0.25) is 0 Å². The van der Waals surface area contributed by atoms with Crippen molar-refractivity contribution in [3.05, 3.63) is 59.9 Å². The average molecular weight is 405 g/mol. The van der Waals surface area contributed by atoms with Crippen LogP contribution in [0.3, 0.4) is 0 Å². The summed E-state index contributed by atoms with van der Waals surface area (Å²) in [5.74, 6) is -0.0580. The number of sulfonamides is 1. The lowest BCUT2D eigenvalue weighted by Crippen LogP contribution is -2.43. The molecular formula is C21H25FN2O3S. The maximum absolute atomic E-state index is 13.8. The summed E-state index contributed by atoms with van der Waals surface area (Å²) in [6.45, 7) is 4.32. The van der Waals surface area contributed by atoms with E-state index in [0.29, 0.717) is 11.8 Å². The molecule has 2 aromatic rings. The first kappa shape index (κ1) is 20.3. The molecule has 3 unspecified atom stereocenters. The van der Waals surface area contributed by atoms with Gasteiger partial charge in [-0.2, -0.15) is 0 Å². The molecule has 0 saturated heterocycles. The molecule has 3 atom stereocenters. The van der Waals surface area contributed by atoms with Gasteiger partial charge in [-0.25, -0.2) is 12.8 Å². The smallest absolute Gasteiger partial charge is 0.262 e. The van der Waals surface area contributed by atoms with Crippen LogP contribution in [0.15, 0.2) is 53.4 Å². The Balaban J connectivity index is 1.78. The Morgan fingerprint density at radius 1 is 1.07 bits per heavy atom. The predicted molar refractivity (Wildman–Crippen MR) is 107 cm³/mol. The molecule has 1 aliphatic carbocycles. The van der Waals surface area contributed by atoms with Gasteiger partial charge in [0.15, 0.2) is 0 Å². The van der Waals surface area contributed by atoms with E-state index in [1.165, 1.54) is 42.5 Å². The van der Waals surface area contributed by atoms with Gasteiger partial charge in [0.1, 0.15) is 5.82 Å². The minimum absolute atomic E-state index is 0.0769. The van der Waals surface area contributed by atoms with Crippen LogP contribution in [0.4, 0.5) is 10.1 Å². The van der Waals surface area contributed by atoms with Crippen molar-refractivity contribution in [2.75, 3.05) is 4.72 Å². The Bertz CT molecular complexity index is 962. The van der Waals surface area contributed by atoms with E-state index in [9.17, 15) is 17.6 Å². The fraction of sp³-hybridized carbons (Fsp3) is 0.381. The van der Waals surface area contributed by atoms with Gasteiger partial charge in [-0.05, 0) is 48.6 Å². The average Bonchev–Trinajstić information content (AvgIpc) is 2.67. The first-order chi connectivity index (χ1) is 13.3. The van der Waals surface area contributed by atoms with E-state index in [1.54, 1.807) is 6.07 Å². The monoisotopic (exact) mass is 404 g/mol. The Morgan fingerprint density at radius 2 is 1.82 bits per heavy atom. The molecule has 0 radical (unpaired) electrons. The zero-order valence-corrected chi connectivity index (χ0v) is 16.8. The first-order valence-corrected chi connectivity index (χ1v) is 10.9. The molecule has 7 heteroatoms. The zero-order chi connectivity index (χ0) is 20.3. The minimum Gasteiger partial charge on any atom is -0.349 e. The van der Waals surface area contributed by atoms with Gasteiger partial charge >= 0.3 is 0 Å². The number of anilines is 1. The molecular weight excluding hydrogens is 379 g/mol. The van der Waals surface area contributed by atoms with Gasteiger partial charge < -0.3 is 5.32 Å². The third-order valence-corrected chi connectivity index (χ3v) is 6.91. The molecule has 150 valence electrons. The van der Waals surface area contributed by atoms with Crippen molar-refractivity contribution in [2.45, 2.75) is 44.0 Å². The highest BCUT2D eigenvalue weighted by atomic mass is 32.2. The van der Waals surface area contributed by atoms with Gasteiger partial charge in [0, 0.05) is 11.6 Å². The van der Waals surface area contributed by atoms with Crippen molar-refractivity contribution >= 4 is 21.6 Å². The highest BCUT2D eigenvalue weighted by molar-refractivity contribution is 7.92. The second kappa shape index (κ2) is 8.31. The van der Waals surface area contributed by atoms with Crippen LogP contribution in [0.1, 0.15) is 43.5 Å². The first-order valence-electron chi connectivity index (χ1n) is 9.46. The van der Waals surface area contributed by atoms with Gasteiger partial charge in [-0.15, -0.1) is 0 Å². The number of hydrogen-bond donors (Lipinski definition) is 2. The summed E-state index contributed by atoms with van der Waals surface area (Å²) < 4.78 is 41.2. The Hall–Kier alpha value is -2.41. The van der Waals surface area contributed by atoms with Crippen molar-refractivity contribution in [3.63, 3.8) is 0 Å². The standard InChI is InChI=1S/C21H25FN2O3S/c1-14-7-5-12-19(15(14)2)23-21(25)16-8-6-9-17(13-16)28(26,27)24-20-11-4-3-10-18(20)22/h3-4,6,8-11,13-15,19,24H,5,7,12H2,1-2H3,(H,23,25). The van der Waals surface area contributed by atoms with Crippen molar-refractivity contribution in [3.8, 4) is 0 Å². The van der Waals surface area contributed by atoms with E-state index in [1.807, 2.05) is 0 Å². The summed E-state index contributed by atoms with van der Waals surface area (Å²) in [4.78, 5) is 12.6. The van der Waals surface area contributed by atoms with Crippen molar-refractivity contribution in [2.24, 2.45) is 11.8 Å². The molecule has 5 nitrogen and oxygen atoms in total. The molecule has 0 spiro atoms. The van der Waals surface area contributed by atoms with Crippen molar-refractivity contribution in [1.82, 2.24) is 5.32 Å². The predicted octanol–water partition coefficient (Wildman–Crippen LogP) is 4.18. The molecule has 28 heavy (non-hydrogen) atoms. The summed E-state index contributed by atoms with van der Waals surface area (Å²) in [6.07, 6.45) is 3.14. The number of benzene rings is 2. The summed E-state index contributed by atoms with van der Waals surface area (Å²) in [5, 5.41) is 3.04. The largest absolute Gasteiger partial charge is 0.349 e. The van der Waals surface area contributed by atoms with Gasteiger partial charge in [-0.1, -0.05) is 44.9 Å². The number of rotatable bonds is 5. The Kier molecular flexibility index (Phi) is 6.03. The molecule has 1 saturated carbocycles. The highest BCUT2D eigenvalue weighted by Crippen LogP contribution is 2.29. The number of carbonyl (C=O) groups is 1. The molecule has 0 bridgehead atoms. The van der Waals surface area contributed by atoms with Crippen LogP contribution in [-0.2, 0) is 10.0 Å². The molecule has 0 aliphatic heterocycles. The molecule has 1 aliphatic rings. The third-order valence-electron chi connectivity index (χ3n) is 5.55. The van der Waals surface area contributed by atoms with E-state index in [4.69, 9.17) is 0 Å². The minimum atomic E-state index is -4.01. The summed E-state index contributed by atoms with van der Waals surface area (Å²) in [6, 6.07) is 11.4. The summed E-state index contributed by atoms with van der Waals surface area (Å²) in [7, 11) is -4.01. The third kappa shape index (κ3) is 4.52. The number of hydrogen-bond acceptors (Lipinski definition) is 3. The second-order valence-electron chi connectivity index (χ2n) is 7.46. The SMILES string of the molecule is CC1CCCC(NC(=O)c2cccc(S(=O)(=O)Nc3ccccc3F)c2)C1C. The lowest BCUT2D eigenvalue weighted by atomic mass is 9.78. The maximum atomic E-state index is 13.8. The molecule has 2 aromatic carbocycles. The van der Waals surface area contributed by atoms with Crippen LogP contribution in [0.25, 0.3) is 0 Å². The van der Waals surface area contributed by atoms with Gasteiger partial charge in [-0.3, -0.25) is 9.52 Å². The van der Waals surface area contributed by atoms with Crippen LogP contribution in [0, 0.1) is 17.7 Å². The second-order valence-corrected chi connectivity index (χ2v) is 9.14. The van der Waals surface area contributed by atoms with Crippen LogP contribution in [-0.4, -0.2) is 20.4 Å². The number of halogens is 1. The van der Waals surface area contributed by atoms with Crippen LogP contribution >= 0.6 is 0 Å². The highest BCUT2D eigenvalue weighted by Gasteiger charge is 2.28. The van der Waals surface area contributed by atoms with Gasteiger partial charge in [0.25, 0.3) is 15.9 Å². The molecule has 0 heterocycles. The fourth-order valence-electron chi connectivity index (χ4n) is 3.59. The number of nitrogens with one attached hydrogen (secondary N) is 2. The van der Waals surface area contributed by atoms with Crippen molar-refractivity contribution in [1.29, 1.82) is 0 Å². The maximum Gasteiger partial charge on any atom is 0.262 e. The molecule has 2 N–H and O–H groups in total. The van der Waals surface area contributed by atoms with Gasteiger partial charge in [0.2, 0.25) is 0 Å². The van der Waals surface area contributed by atoms with E-state index < -0.39 is 15.8 Å². The lowest BCUT2D eigenvalue weighted by Gasteiger charge is -2.34. The van der Waals surface area contributed by atoms with E-state index in [0.717, 1.165) is 19.3 Å². The zero-order valence-electron chi connectivity index (χ0n) is 16.0. The van der Waals surface area contributed by atoms with Crippen LogP contribution in [0.5, 0.6) is 0 Å². The van der Waals surface area contributed by atoms with Crippen LogP contribution < -0.4 is 10.0 Å². The quantitative estimate of drug-likeness (QED) is 0.785. The topological polar surface area (TPSA) is 75.3 Å². The van der Waals surface area contributed by atoms with Crippen molar-refractivity contribution < 1.29 is 17.6 Å². The van der Waals surface area contributed by atoms with E-state index in [2.05, 4.69) is 23.9 Å². The number of para-hydroxylation sites is 1. The van der Waals surface area contributed by atoms with E-state index >= 15 is 0 Å². The summed E-state index contributed by atoms with van der Waals surface area (Å²) >= 11 is 0. The summed E-state index contributed by atoms with van der Waals surface area (Å²) in [5.41, 5.74) is 0.129. The fourth-order valence-corrected chi connectivity index (χ4v) is 4.70. The number of carbonyl (C=O) groups excluding carboxylic acids is 1. The molecule has 0 aromatic heterocycles. The molecule has 3 rings (SSSR count). The van der Waals surface area contributed by atoms with Gasteiger partial charge in [0.05, 0.1) is 10.6 Å². The normalized spacial score (nSPS) is 22.5. The molecule has 1 fully saturated rings. The molecule has 1 amide bonds.